The van der Waals surface area contributed by atoms with Gasteiger partial charge >= 0.3 is 5.63 Å². The van der Waals surface area contributed by atoms with E-state index in [1.54, 1.807) is 42.5 Å². The number of fused-ring (bicyclic) bond motifs is 1. The van der Waals surface area contributed by atoms with Gasteiger partial charge in [-0.1, -0.05) is 40.6 Å². The number of aromatic hydroxyl groups is 1. The number of nitrogens with zero attached hydrogens (tertiary/aromatic N) is 2. The van der Waals surface area contributed by atoms with Crippen LogP contribution in [0.25, 0.3) is 10.8 Å². The van der Waals surface area contributed by atoms with Gasteiger partial charge in [0.2, 0.25) is 0 Å². The van der Waals surface area contributed by atoms with Crippen LogP contribution in [0.5, 0.6) is 5.75 Å². The van der Waals surface area contributed by atoms with Crippen molar-refractivity contribution < 1.29 is 14.8 Å². The summed E-state index contributed by atoms with van der Waals surface area (Å²) in [6, 6.07) is 13.0. The molecule has 0 amide bonds. The van der Waals surface area contributed by atoms with Gasteiger partial charge in [0, 0.05) is 10.9 Å². The molecule has 0 aliphatic carbocycles. The summed E-state index contributed by atoms with van der Waals surface area (Å²) in [4.78, 5) is 11.7. The van der Waals surface area contributed by atoms with Gasteiger partial charge in [-0.3, -0.25) is 0 Å². The molecule has 3 rings (SSSR count). The van der Waals surface area contributed by atoms with E-state index in [2.05, 4.69) is 10.3 Å². The molecule has 0 atom stereocenters. The maximum absolute atomic E-state index is 11.7. The summed E-state index contributed by atoms with van der Waals surface area (Å²) in [6.45, 7) is 0. The topological polar surface area (TPSA) is 95.9 Å². The summed E-state index contributed by atoms with van der Waals surface area (Å²) in [5.41, 5.74) is -0.0994. The minimum Gasteiger partial charge on any atom is -0.507 e. The van der Waals surface area contributed by atoms with Crippen LogP contribution in [0.3, 0.4) is 0 Å². The predicted molar refractivity (Wildman–Crippen MR) is 75.8 cm³/mol. The van der Waals surface area contributed by atoms with Crippen molar-refractivity contribution >= 4 is 16.5 Å². The zero-order valence-corrected chi connectivity index (χ0v) is 10.7. The number of para-hydroxylation sites is 1. The minimum absolute atomic E-state index is 0.0213. The molecular weight excluding hydrogens is 272 g/mol. The van der Waals surface area contributed by atoms with Crippen LogP contribution >= 0.6 is 0 Å². The summed E-state index contributed by atoms with van der Waals surface area (Å²) in [7, 11) is 0. The maximum atomic E-state index is 11.7. The van der Waals surface area contributed by atoms with Crippen LogP contribution in [0, 0.1) is 0 Å². The molecule has 0 saturated heterocycles. The molecule has 6 nitrogen and oxygen atoms in total. The Balaban J connectivity index is 2.32. The Morgan fingerprint density at radius 3 is 2.43 bits per heavy atom. The van der Waals surface area contributed by atoms with Gasteiger partial charge in [0.1, 0.15) is 17.2 Å². The number of oxime groups is 1. The lowest BCUT2D eigenvalue weighted by Crippen LogP contribution is -2.11. The predicted octanol–water partition coefficient (Wildman–Crippen LogP) is 2.12. The molecule has 0 saturated carbocycles. The van der Waals surface area contributed by atoms with Gasteiger partial charge in [0.25, 0.3) is 0 Å². The van der Waals surface area contributed by atoms with Crippen molar-refractivity contribution in [1.29, 1.82) is 0 Å². The van der Waals surface area contributed by atoms with Gasteiger partial charge in [-0.25, -0.2) is 4.79 Å². The number of phenolic OH excluding ortho intramolecular Hbond substituents is 1. The molecule has 0 unspecified atom stereocenters. The Labute approximate surface area is 118 Å². The van der Waals surface area contributed by atoms with E-state index < -0.39 is 5.63 Å². The van der Waals surface area contributed by atoms with Gasteiger partial charge in [0.15, 0.2) is 0 Å². The fourth-order valence-corrected chi connectivity index (χ4v) is 2.13. The number of hydrogen-bond acceptors (Lipinski definition) is 6. The Kier molecular flexibility index (Phi) is 3.12. The Morgan fingerprint density at radius 1 is 1.05 bits per heavy atom. The molecule has 2 aromatic carbocycles. The number of phenols is 1. The zero-order chi connectivity index (χ0) is 14.8. The first-order valence-electron chi connectivity index (χ1n) is 6.12. The van der Waals surface area contributed by atoms with Crippen molar-refractivity contribution in [3.05, 3.63) is 70.2 Å². The molecule has 2 N–H and O–H groups in total. The van der Waals surface area contributed by atoms with Crippen LogP contribution in [0.1, 0.15) is 11.3 Å². The second-order valence-corrected chi connectivity index (χ2v) is 4.33. The average molecular weight is 282 g/mol. The third-order valence-electron chi connectivity index (χ3n) is 3.11. The zero-order valence-electron chi connectivity index (χ0n) is 10.7. The number of rotatable bonds is 2. The highest BCUT2D eigenvalue weighted by molar-refractivity contribution is 6.18. The van der Waals surface area contributed by atoms with E-state index in [0.29, 0.717) is 10.8 Å². The van der Waals surface area contributed by atoms with Crippen LogP contribution in [0.15, 0.2) is 63.0 Å². The van der Waals surface area contributed by atoms with E-state index in [9.17, 15) is 15.1 Å². The fourth-order valence-electron chi connectivity index (χ4n) is 2.13. The van der Waals surface area contributed by atoms with E-state index in [-0.39, 0.29) is 22.7 Å². The van der Waals surface area contributed by atoms with Gasteiger partial charge < -0.3 is 14.8 Å². The number of hydrogen-bond donors (Lipinski definition) is 2. The molecule has 1 aromatic heterocycles. The molecule has 3 aromatic rings. The van der Waals surface area contributed by atoms with E-state index in [4.69, 9.17) is 4.52 Å². The Hall–Kier alpha value is -3.15. The Bertz CT molecular complexity index is 899. The van der Waals surface area contributed by atoms with Crippen LogP contribution in [-0.2, 0) is 0 Å². The number of benzene rings is 2. The lowest BCUT2D eigenvalue weighted by atomic mass is 10.0. The van der Waals surface area contributed by atoms with E-state index in [0.717, 1.165) is 0 Å². The van der Waals surface area contributed by atoms with Gasteiger partial charge in [-0.2, -0.15) is 0 Å². The molecule has 0 aliphatic heterocycles. The fraction of sp³-hybridized carbons (Fsp3) is 0. The second kappa shape index (κ2) is 5.09. The van der Waals surface area contributed by atoms with Crippen LogP contribution in [-0.4, -0.2) is 21.2 Å². The van der Waals surface area contributed by atoms with Crippen molar-refractivity contribution in [2.75, 3.05) is 0 Å². The largest absolute Gasteiger partial charge is 0.507 e. The maximum Gasteiger partial charge on any atom is 0.366 e. The molecule has 0 radical (unpaired) electrons. The quantitative estimate of drug-likeness (QED) is 0.426. The molecule has 0 aliphatic rings. The lowest BCUT2D eigenvalue weighted by Gasteiger charge is -2.07. The van der Waals surface area contributed by atoms with Gasteiger partial charge in [0.05, 0.1) is 5.39 Å². The third-order valence-corrected chi connectivity index (χ3v) is 3.11. The first-order valence-corrected chi connectivity index (χ1v) is 6.12. The van der Waals surface area contributed by atoms with Gasteiger partial charge in [-0.15, -0.1) is 0 Å². The summed E-state index contributed by atoms with van der Waals surface area (Å²) >= 11 is 0. The first-order chi connectivity index (χ1) is 10.2. The van der Waals surface area contributed by atoms with Crippen molar-refractivity contribution in [1.82, 2.24) is 5.16 Å². The van der Waals surface area contributed by atoms with E-state index in [1.165, 1.54) is 6.07 Å². The smallest absolute Gasteiger partial charge is 0.366 e. The lowest BCUT2D eigenvalue weighted by molar-refractivity contribution is 0.317. The standard InChI is InChI=1S/C15H10N2O4/c18-12-8-4-3-7-11(12)13(16-20)14-9-5-1-2-6-10(9)15(19)21-17-14/h1-8,18,20H/b16-13-. The summed E-state index contributed by atoms with van der Waals surface area (Å²) in [5, 5.41) is 26.9. The second-order valence-electron chi connectivity index (χ2n) is 4.33. The minimum atomic E-state index is -0.580. The molecule has 0 fully saturated rings. The monoisotopic (exact) mass is 282 g/mol. The molecule has 6 heteroatoms. The van der Waals surface area contributed by atoms with Crippen molar-refractivity contribution in [2.45, 2.75) is 0 Å². The molecular formula is C15H10N2O4. The van der Waals surface area contributed by atoms with Gasteiger partial charge in [-0.05, 0) is 18.2 Å². The highest BCUT2D eigenvalue weighted by Crippen LogP contribution is 2.23. The third kappa shape index (κ3) is 2.12. The summed E-state index contributed by atoms with van der Waals surface area (Å²) in [6.07, 6.45) is 0. The van der Waals surface area contributed by atoms with Crippen molar-refractivity contribution in [2.24, 2.45) is 5.16 Å². The van der Waals surface area contributed by atoms with Crippen molar-refractivity contribution in [3.8, 4) is 5.75 Å². The van der Waals surface area contributed by atoms with E-state index in [1.807, 2.05) is 0 Å². The molecule has 21 heavy (non-hydrogen) atoms. The Morgan fingerprint density at radius 2 is 1.71 bits per heavy atom. The number of aromatic nitrogens is 1. The highest BCUT2D eigenvalue weighted by atomic mass is 16.5. The SMILES string of the molecule is O=c1onc(/C(=N\O)c2ccccc2O)c2ccccc12. The molecule has 1 heterocycles. The normalized spacial score (nSPS) is 11.7. The van der Waals surface area contributed by atoms with Crippen LogP contribution in [0.4, 0.5) is 0 Å². The van der Waals surface area contributed by atoms with Crippen molar-refractivity contribution in [3.63, 3.8) is 0 Å². The summed E-state index contributed by atoms with van der Waals surface area (Å²) < 4.78 is 4.74. The van der Waals surface area contributed by atoms with E-state index >= 15 is 0 Å². The molecule has 0 spiro atoms. The molecule has 0 bridgehead atoms. The average Bonchev–Trinajstić information content (AvgIpc) is 2.52. The summed E-state index contributed by atoms with van der Waals surface area (Å²) in [5.74, 6) is -0.0672. The molecule has 104 valence electrons. The highest BCUT2D eigenvalue weighted by Gasteiger charge is 2.18. The van der Waals surface area contributed by atoms with Crippen LogP contribution < -0.4 is 5.63 Å². The first kappa shape index (κ1) is 12.9. The van der Waals surface area contributed by atoms with Crippen LogP contribution in [0.2, 0.25) is 0 Å².